The van der Waals surface area contributed by atoms with Crippen LogP contribution in [0.3, 0.4) is 0 Å². The Bertz CT molecular complexity index is 474. The Morgan fingerprint density at radius 2 is 2.29 bits per heavy atom. The summed E-state index contributed by atoms with van der Waals surface area (Å²) in [5.41, 5.74) is 0. The molecule has 0 fully saturated rings. The Hall–Kier alpha value is -1.62. The van der Waals surface area contributed by atoms with Gasteiger partial charge in [0.1, 0.15) is 11.6 Å². The molecule has 0 aliphatic carbocycles. The van der Waals surface area contributed by atoms with Gasteiger partial charge in [-0.2, -0.15) is 0 Å². The fourth-order valence-corrected chi connectivity index (χ4v) is 1.70. The molecule has 2 aromatic heterocycles. The average molecular weight is 234 g/mol. The van der Waals surface area contributed by atoms with Gasteiger partial charge < -0.3 is 8.98 Å². The SMILES string of the molecule is CCn1ccnc1CNC(C)c1ncc(C)o1. The van der Waals surface area contributed by atoms with Crippen LogP contribution >= 0.6 is 0 Å². The van der Waals surface area contributed by atoms with E-state index >= 15 is 0 Å². The summed E-state index contributed by atoms with van der Waals surface area (Å²) in [5, 5.41) is 3.35. The van der Waals surface area contributed by atoms with Gasteiger partial charge in [0.25, 0.3) is 0 Å². The fraction of sp³-hybridized carbons (Fsp3) is 0.500. The fourth-order valence-electron chi connectivity index (χ4n) is 1.70. The molecule has 0 radical (unpaired) electrons. The lowest BCUT2D eigenvalue weighted by Crippen LogP contribution is -2.20. The predicted octanol–water partition coefficient (Wildman–Crippen LogP) is 2.05. The standard InChI is InChI=1S/C12H18N4O/c1-4-16-6-5-13-11(16)8-14-10(3)12-15-7-9(2)17-12/h5-7,10,14H,4,8H2,1-3H3. The van der Waals surface area contributed by atoms with E-state index in [1.807, 2.05) is 26.2 Å². The number of aromatic nitrogens is 3. The summed E-state index contributed by atoms with van der Waals surface area (Å²) in [6, 6.07) is 0.0886. The minimum Gasteiger partial charge on any atom is -0.444 e. The molecule has 2 aromatic rings. The molecule has 2 heterocycles. The molecule has 0 aliphatic rings. The number of imidazole rings is 1. The third-order valence-electron chi connectivity index (χ3n) is 2.72. The number of rotatable bonds is 5. The van der Waals surface area contributed by atoms with E-state index in [1.54, 1.807) is 6.20 Å². The normalized spacial score (nSPS) is 12.9. The van der Waals surface area contributed by atoms with E-state index in [9.17, 15) is 0 Å². The van der Waals surface area contributed by atoms with Crippen molar-refractivity contribution in [1.29, 1.82) is 0 Å². The number of nitrogens with zero attached hydrogens (tertiary/aromatic N) is 3. The smallest absolute Gasteiger partial charge is 0.211 e. The van der Waals surface area contributed by atoms with E-state index in [0.717, 1.165) is 24.0 Å². The quantitative estimate of drug-likeness (QED) is 0.860. The molecule has 0 aromatic carbocycles. The Balaban J connectivity index is 1.94. The van der Waals surface area contributed by atoms with Gasteiger partial charge in [-0.05, 0) is 20.8 Å². The van der Waals surface area contributed by atoms with E-state index in [-0.39, 0.29) is 6.04 Å². The van der Waals surface area contributed by atoms with Gasteiger partial charge in [-0.3, -0.25) is 5.32 Å². The van der Waals surface area contributed by atoms with Crippen molar-refractivity contribution in [1.82, 2.24) is 19.9 Å². The first-order chi connectivity index (χ1) is 8.20. The number of aryl methyl sites for hydroxylation is 2. The summed E-state index contributed by atoms with van der Waals surface area (Å²) >= 11 is 0. The van der Waals surface area contributed by atoms with Gasteiger partial charge in [-0.1, -0.05) is 0 Å². The van der Waals surface area contributed by atoms with Crippen LogP contribution in [0.5, 0.6) is 0 Å². The van der Waals surface area contributed by atoms with Crippen molar-refractivity contribution in [2.24, 2.45) is 0 Å². The molecule has 5 heteroatoms. The Kier molecular flexibility index (Phi) is 3.58. The lowest BCUT2D eigenvalue weighted by molar-refractivity contribution is 0.397. The first-order valence-electron chi connectivity index (χ1n) is 5.86. The van der Waals surface area contributed by atoms with Crippen LogP contribution < -0.4 is 5.32 Å². The molecule has 0 bridgehead atoms. The van der Waals surface area contributed by atoms with E-state index in [0.29, 0.717) is 6.54 Å². The number of nitrogens with one attached hydrogen (secondary N) is 1. The molecular formula is C12H18N4O. The summed E-state index contributed by atoms with van der Waals surface area (Å²) < 4.78 is 7.58. The molecule has 5 nitrogen and oxygen atoms in total. The predicted molar refractivity (Wildman–Crippen MR) is 64.4 cm³/mol. The van der Waals surface area contributed by atoms with E-state index in [4.69, 9.17) is 4.42 Å². The highest BCUT2D eigenvalue weighted by molar-refractivity contribution is 4.97. The zero-order chi connectivity index (χ0) is 12.3. The van der Waals surface area contributed by atoms with E-state index in [1.165, 1.54) is 0 Å². The molecule has 0 saturated heterocycles. The van der Waals surface area contributed by atoms with Gasteiger partial charge in [0.2, 0.25) is 5.89 Å². The maximum Gasteiger partial charge on any atom is 0.211 e. The molecule has 0 spiro atoms. The summed E-state index contributed by atoms with van der Waals surface area (Å²) in [5.74, 6) is 2.59. The third kappa shape index (κ3) is 2.74. The summed E-state index contributed by atoms with van der Waals surface area (Å²) in [6.45, 7) is 7.68. The molecular weight excluding hydrogens is 216 g/mol. The van der Waals surface area contributed by atoms with Crippen LogP contribution in [0.4, 0.5) is 0 Å². The van der Waals surface area contributed by atoms with Gasteiger partial charge >= 0.3 is 0 Å². The average Bonchev–Trinajstić information content (AvgIpc) is 2.94. The first-order valence-corrected chi connectivity index (χ1v) is 5.86. The summed E-state index contributed by atoms with van der Waals surface area (Å²) in [6.07, 6.45) is 5.54. The van der Waals surface area contributed by atoms with Gasteiger partial charge in [-0.15, -0.1) is 0 Å². The molecule has 0 amide bonds. The number of oxazole rings is 1. The second kappa shape index (κ2) is 5.14. The van der Waals surface area contributed by atoms with Gasteiger partial charge in [-0.25, -0.2) is 9.97 Å². The first kappa shape index (κ1) is 11.9. The van der Waals surface area contributed by atoms with Crippen LogP contribution in [-0.2, 0) is 13.1 Å². The Morgan fingerprint density at radius 3 is 2.94 bits per heavy atom. The minimum atomic E-state index is 0.0886. The monoisotopic (exact) mass is 234 g/mol. The van der Waals surface area contributed by atoms with Crippen molar-refractivity contribution < 1.29 is 4.42 Å². The molecule has 92 valence electrons. The van der Waals surface area contributed by atoms with Crippen LogP contribution in [-0.4, -0.2) is 14.5 Å². The Morgan fingerprint density at radius 1 is 1.47 bits per heavy atom. The van der Waals surface area contributed by atoms with Crippen LogP contribution in [0.25, 0.3) is 0 Å². The maximum absolute atomic E-state index is 5.47. The largest absolute Gasteiger partial charge is 0.444 e. The highest BCUT2D eigenvalue weighted by atomic mass is 16.4. The maximum atomic E-state index is 5.47. The topological polar surface area (TPSA) is 55.9 Å². The third-order valence-corrected chi connectivity index (χ3v) is 2.72. The van der Waals surface area contributed by atoms with Crippen molar-refractivity contribution in [3.63, 3.8) is 0 Å². The van der Waals surface area contributed by atoms with Crippen LogP contribution in [0.15, 0.2) is 23.0 Å². The zero-order valence-electron chi connectivity index (χ0n) is 10.5. The molecule has 17 heavy (non-hydrogen) atoms. The van der Waals surface area contributed by atoms with Crippen molar-refractivity contribution in [2.45, 2.75) is 39.9 Å². The number of hydrogen-bond donors (Lipinski definition) is 1. The van der Waals surface area contributed by atoms with Gasteiger partial charge in [0, 0.05) is 18.9 Å². The van der Waals surface area contributed by atoms with Gasteiger partial charge in [0.15, 0.2) is 0 Å². The Labute approximate surface area is 101 Å². The minimum absolute atomic E-state index is 0.0886. The highest BCUT2D eigenvalue weighted by Gasteiger charge is 2.11. The van der Waals surface area contributed by atoms with E-state index in [2.05, 4.69) is 26.8 Å². The van der Waals surface area contributed by atoms with Gasteiger partial charge in [0.05, 0.1) is 18.8 Å². The highest BCUT2D eigenvalue weighted by Crippen LogP contribution is 2.12. The van der Waals surface area contributed by atoms with Crippen molar-refractivity contribution >= 4 is 0 Å². The summed E-state index contributed by atoms with van der Waals surface area (Å²) in [7, 11) is 0. The number of hydrogen-bond acceptors (Lipinski definition) is 4. The van der Waals surface area contributed by atoms with Crippen molar-refractivity contribution in [3.8, 4) is 0 Å². The summed E-state index contributed by atoms with van der Waals surface area (Å²) in [4.78, 5) is 8.51. The van der Waals surface area contributed by atoms with E-state index < -0.39 is 0 Å². The lowest BCUT2D eigenvalue weighted by Gasteiger charge is -2.10. The van der Waals surface area contributed by atoms with Crippen LogP contribution in [0.2, 0.25) is 0 Å². The molecule has 1 N–H and O–H groups in total. The second-order valence-corrected chi connectivity index (χ2v) is 4.04. The molecule has 2 rings (SSSR count). The zero-order valence-corrected chi connectivity index (χ0v) is 10.5. The van der Waals surface area contributed by atoms with Crippen LogP contribution in [0, 0.1) is 6.92 Å². The van der Waals surface area contributed by atoms with Crippen LogP contribution in [0.1, 0.15) is 37.4 Å². The van der Waals surface area contributed by atoms with Crippen molar-refractivity contribution in [2.75, 3.05) is 0 Å². The lowest BCUT2D eigenvalue weighted by atomic mass is 10.3. The second-order valence-electron chi connectivity index (χ2n) is 4.04. The molecule has 0 aliphatic heterocycles. The van der Waals surface area contributed by atoms with Crippen molar-refractivity contribution in [3.05, 3.63) is 36.1 Å². The molecule has 0 saturated carbocycles. The molecule has 1 unspecified atom stereocenters. The molecule has 1 atom stereocenters.